The van der Waals surface area contributed by atoms with E-state index >= 15 is 0 Å². The number of rotatable bonds is 0. The van der Waals surface area contributed by atoms with E-state index in [1.807, 2.05) is 6.92 Å². The first-order valence-corrected chi connectivity index (χ1v) is 9.31. The number of allylic oxidation sites excluding steroid dienone is 2. The fourth-order valence-corrected chi connectivity index (χ4v) is 6.92. The third-order valence-corrected chi connectivity index (χ3v) is 8.46. The van der Waals surface area contributed by atoms with Crippen LogP contribution < -0.4 is 0 Å². The van der Waals surface area contributed by atoms with Gasteiger partial charge in [-0.15, -0.1) is 0 Å². The van der Waals surface area contributed by atoms with Crippen molar-refractivity contribution in [2.75, 3.05) is 0 Å². The molecule has 0 radical (unpaired) electrons. The molecule has 124 valence electrons. The van der Waals surface area contributed by atoms with Gasteiger partial charge in [0.15, 0.2) is 5.78 Å². The summed E-state index contributed by atoms with van der Waals surface area (Å²) in [7, 11) is 0. The summed E-state index contributed by atoms with van der Waals surface area (Å²) in [5, 5.41) is 0. The second kappa shape index (κ2) is 4.10. The molecule has 5 rings (SSSR count). The van der Waals surface area contributed by atoms with Crippen molar-refractivity contribution >= 4 is 11.8 Å². The third kappa shape index (κ3) is 1.57. The van der Waals surface area contributed by atoms with Crippen LogP contribution in [-0.2, 0) is 14.3 Å². The molecule has 0 aromatic heterocycles. The molecule has 1 heterocycles. The van der Waals surface area contributed by atoms with E-state index in [1.165, 1.54) is 19.3 Å². The topological polar surface area (TPSA) is 43.4 Å². The molecule has 0 aromatic carbocycles. The summed E-state index contributed by atoms with van der Waals surface area (Å²) in [6.07, 6.45) is 7.91. The normalized spacial score (nSPS) is 56.7. The van der Waals surface area contributed by atoms with Gasteiger partial charge in [0.2, 0.25) is 0 Å². The summed E-state index contributed by atoms with van der Waals surface area (Å²) >= 11 is 0. The molecule has 0 unspecified atom stereocenters. The van der Waals surface area contributed by atoms with Gasteiger partial charge in [-0.3, -0.25) is 9.59 Å². The van der Waals surface area contributed by atoms with Gasteiger partial charge in [0.25, 0.3) is 0 Å². The van der Waals surface area contributed by atoms with Crippen LogP contribution in [0.4, 0.5) is 0 Å². The van der Waals surface area contributed by atoms with E-state index in [4.69, 9.17) is 4.74 Å². The number of carbonyl (C=O) groups excluding carboxylic acids is 2. The summed E-state index contributed by atoms with van der Waals surface area (Å²) in [6, 6.07) is 0. The van der Waals surface area contributed by atoms with Gasteiger partial charge in [0.05, 0.1) is 11.8 Å². The Morgan fingerprint density at radius 2 is 2.00 bits per heavy atom. The minimum Gasteiger partial charge on any atom is -0.461 e. The minimum atomic E-state index is -0.267. The van der Waals surface area contributed by atoms with Crippen molar-refractivity contribution in [1.29, 1.82) is 0 Å². The number of carbonyl (C=O) groups is 2. The van der Waals surface area contributed by atoms with Gasteiger partial charge >= 0.3 is 5.97 Å². The molecule has 8 atom stereocenters. The first kappa shape index (κ1) is 14.2. The zero-order valence-corrected chi connectivity index (χ0v) is 14.3. The van der Waals surface area contributed by atoms with Gasteiger partial charge in [-0.25, -0.2) is 0 Å². The molecular formula is C20H26O3. The highest BCUT2D eigenvalue weighted by Crippen LogP contribution is 2.73. The van der Waals surface area contributed by atoms with E-state index in [1.54, 1.807) is 0 Å². The summed E-state index contributed by atoms with van der Waals surface area (Å²) < 4.78 is 5.60. The highest BCUT2D eigenvalue weighted by Gasteiger charge is 2.67. The second-order valence-corrected chi connectivity index (χ2v) is 9.34. The Hall–Kier alpha value is -1.12. The van der Waals surface area contributed by atoms with Crippen LogP contribution in [0.25, 0.3) is 0 Å². The first-order valence-electron chi connectivity index (χ1n) is 9.31. The van der Waals surface area contributed by atoms with E-state index in [9.17, 15) is 9.59 Å². The maximum Gasteiger partial charge on any atom is 0.309 e. The predicted molar refractivity (Wildman–Crippen MR) is 85.4 cm³/mol. The highest BCUT2D eigenvalue weighted by atomic mass is 16.6. The molecule has 0 amide bonds. The monoisotopic (exact) mass is 314 g/mol. The molecule has 3 saturated carbocycles. The Morgan fingerprint density at radius 1 is 1.22 bits per heavy atom. The lowest BCUT2D eigenvalue weighted by molar-refractivity contribution is -0.145. The number of hydrogen-bond acceptors (Lipinski definition) is 3. The van der Waals surface area contributed by atoms with Crippen molar-refractivity contribution < 1.29 is 14.3 Å². The minimum absolute atomic E-state index is 0.174. The molecule has 0 spiro atoms. The SMILES string of the molecule is C[C@H]1C(=O)O[C@@H]2C[C@@H]3C(=CC[C@@H]4[C@@]5(C)C[C@H]5CC[C@]43C)C(=O)[C@@H]21. The lowest BCUT2D eigenvalue weighted by Gasteiger charge is -2.55. The molecular weight excluding hydrogens is 288 g/mol. The number of ether oxygens (including phenoxy) is 1. The molecule has 1 saturated heterocycles. The first-order chi connectivity index (χ1) is 10.9. The number of hydrogen-bond donors (Lipinski definition) is 0. The van der Waals surface area contributed by atoms with Gasteiger partial charge in [0, 0.05) is 0 Å². The molecule has 5 aliphatic rings. The molecule has 1 aliphatic heterocycles. The van der Waals surface area contributed by atoms with Gasteiger partial charge in [-0.1, -0.05) is 26.8 Å². The summed E-state index contributed by atoms with van der Waals surface area (Å²) in [5.74, 6) is 1.45. The van der Waals surface area contributed by atoms with Crippen LogP contribution in [0, 0.1) is 40.4 Å². The van der Waals surface area contributed by atoms with Crippen molar-refractivity contribution in [2.24, 2.45) is 40.4 Å². The van der Waals surface area contributed by atoms with E-state index in [-0.39, 0.29) is 35.1 Å². The van der Waals surface area contributed by atoms with E-state index in [2.05, 4.69) is 19.9 Å². The molecule has 0 aromatic rings. The number of ketones is 1. The quantitative estimate of drug-likeness (QED) is 0.643. The Bertz CT molecular complexity index is 649. The average Bonchev–Trinajstić information content (AvgIpc) is 3.10. The van der Waals surface area contributed by atoms with Crippen LogP contribution in [0.5, 0.6) is 0 Å². The standard InChI is InChI=1S/C20H26O3/c1-10-16-14(23-18(10)22)8-13-12(17(16)21)4-5-15-19(13,2)7-6-11-9-20(11,15)3/h4,10-11,13-16H,5-9H2,1-3H3/t10-,11-,13-,14-,15+,16-,19+,20+/m1/s1. The zero-order valence-electron chi connectivity index (χ0n) is 14.3. The Kier molecular flexibility index (Phi) is 2.54. The van der Waals surface area contributed by atoms with Crippen LogP contribution in [0.2, 0.25) is 0 Å². The van der Waals surface area contributed by atoms with Gasteiger partial charge < -0.3 is 4.74 Å². The fourth-order valence-electron chi connectivity index (χ4n) is 6.92. The lowest BCUT2D eigenvalue weighted by atomic mass is 9.49. The fraction of sp³-hybridized carbons (Fsp3) is 0.800. The van der Waals surface area contributed by atoms with Crippen LogP contribution in [0.15, 0.2) is 11.6 Å². The Balaban J connectivity index is 1.56. The number of fused-ring (bicyclic) bond motifs is 6. The second-order valence-electron chi connectivity index (χ2n) is 9.34. The van der Waals surface area contributed by atoms with Crippen molar-refractivity contribution in [3.63, 3.8) is 0 Å². The molecule has 0 N–H and O–H groups in total. The molecule has 4 aliphatic carbocycles. The van der Waals surface area contributed by atoms with E-state index < -0.39 is 0 Å². The van der Waals surface area contributed by atoms with Crippen molar-refractivity contribution in [1.82, 2.24) is 0 Å². The Labute approximate surface area is 137 Å². The zero-order chi connectivity index (χ0) is 16.1. The van der Waals surface area contributed by atoms with Crippen molar-refractivity contribution in [2.45, 2.75) is 59.0 Å². The smallest absolute Gasteiger partial charge is 0.309 e. The van der Waals surface area contributed by atoms with Crippen LogP contribution in [-0.4, -0.2) is 17.9 Å². The summed E-state index contributed by atoms with van der Waals surface area (Å²) in [4.78, 5) is 25.1. The highest BCUT2D eigenvalue weighted by molar-refractivity contribution is 6.02. The summed E-state index contributed by atoms with van der Waals surface area (Å²) in [5.41, 5.74) is 1.75. The van der Waals surface area contributed by atoms with Crippen molar-refractivity contribution in [3.8, 4) is 0 Å². The van der Waals surface area contributed by atoms with Crippen LogP contribution in [0.1, 0.15) is 52.9 Å². The molecule has 4 fully saturated rings. The molecule has 3 heteroatoms. The van der Waals surface area contributed by atoms with Gasteiger partial charge in [-0.05, 0) is 66.3 Å². The largest absolute Gasteiger partial charge is 0.461 e. The molecule has 23 heavy (non-hydrogen) atoms. The average molecular weight is 314 g/mol. The van der Waals surface area contributed by atoms with Gasteiger partial charge in [0.1, 0.15) is 6.10 Å². The van der Waals surface area contributed by atoms with E-state index in [0.717, 1.165) is 24.3 Å². The van der Waals surface area contributed by atoms with Crippen molar-refractivity contribution in [3.05, 3.63) is 11.6 Å². The van der Waals surface area contributed by atoms with Gasteiger partial charge in [-0.2, -0.15) is 0 Å². The summed E-state index contributed by atoms with van der Waals surface area (Å²) in [6.45, 7) is 6.74. The third-order valence-electron chi connectivity index (χ3n) is 8.46. The lowest BCUT2D eigenvalue weighted by Crippen LogP contribution is -2.51. The number of esters is 1. The molecule has 0 bridgehead atoms. The molecule has 3 nitrogen and oxygen atoms in total. The van der Waals surface area contributed by atoms with E-state index in [0.29, 0.717) is 17.3 Å². The Morgan fingerprint density at radius 3 is 2.78 bits per heavy atom. The van der Waals surface area contributed by atoms with Crippen LogP contribution in [0.3, 0.4) is 0 Å². The maximum atomic E-state index is 13.1. The maximum absolute atomic E-state index is 13.1. The van der Waals surface area contributed by atoms with Crippen LogP contribution >= 0.6 is 0 Å². The number of Topliss-reactive ketones (excluding diaryl/α,β-unsaturated/α-hetero) is 1. The predicted octanol–water partition coefficient (Wildman–Crippen LogP) is 3.53.